The van der Waals surface area contributed by atoms with Crippen LogP contribution in [-0.4, -0.2) is 29.5 Å². The van der Waals surface area contributed by atoms with E-state index in [1.165, 1.54) is 0 Å². The van der Waals surface area contributed by atoms with E-state index in [9.17, 15) is 0 Å². The first-order valence-corrected chi connectivity index (χ1v) is 9.57. The number of aromatic nitrogens is 6. The van der Waals surface area contributed by atoms with Crippen LogP contribution in [-0.2, 0) is 0 Å². The van der Waals surface area contributed by atoms with Crippen LogP contribution < -0.4 is 5.73 Å². The summed E-state index contributed by atoms with van der Waals surface area (Å²) in [6.07, 6.45) is 1.66. The van der Waals surface area contributed by atoms with Crippen LogP contribution in [0.1, 0.15) is 22.6 Å². The van der Waals surface area contributed by atoms with Gasteiger partial charge in [-0.2, -0.15) is 15.5 Å². The number of halogens is 1. The molecule has 0 radical (unpaired) electrons. The number of aromatic amines is 1. The molecule has 0 saturated carbocycles. The van der Waals surface area contributed by atoms with Gasteiger partial charge in [-0.25, -0.2) is 14.3 Å². The Kier molecular flexibility index (Phi) is 4.90. The largest absolute Gasteiger partial charge is 0.385 e. The van der Waals surface area contributed by atoms with Crippen LogP contribution in [0, 0.1) is 32.1 Å². The van der Waals surface area contributed by atoms with E-state index in [4.69, 9.17) is 22.6 Å². The average Bonchev–Trinajstić information content (AvgIpc) is 3.20. The molecule has 0 amide bonds. The van der Waals surface area contributed by atoms with E-state index < -0.39 is 0 Å². The zero-order valence-electron chi connectivity index (χ0n) is 16.7. The van der Waals surface area contributed by atoms with Crippen LogP contribution in [0.2, 0.25) is 5.02 Å². The topological polar surface area (TPSA) is 114 Å². The van der Waals surface area contributed by atoms with Gasteiger partial charge < -0.3 is 10.7 Å². The number of nitrogens with zero attached hydrogens (tertiary/aromatic N) is 6. The Balaban J connectivity index is 1.89. The predicted molar refractivity (Wildman–Crippen MR) is 116 cm³/mol. The molecular weight excluding hydrogens is 400 g/mol. The summed E-state index contributed by atoms with van der Waals surface area (Å²) in [4.78, 5) is 7.73. The molecule has 8 nitrogen and oxygen atoms in total. The fourth-order valence-corrected chi connectivity index (χ4v) is 3.35. The van der Waals surface area contributed by atoms with Crippen molar-refractivity contribution in [2.24, 2.45) is 0 Å². The molecular formula is C21H19ClN8. The molecule has 0 fully saturated rings. The van der Waals surface area contributed by atoms with Gasteiger partial charge in [0.05, 0.1) is 44.9 Å². The van der Waals surface area contributed by atoms with Crippen LogP contribution in [0.3, 0.4) is 0 Å². The number of hydrogen-bond acceptors (Lipinski definition) is 5. The van der Waals surface area contributed by atoms with Crippen molar-refractivity contribution in [3.63, 3.8) is 0 Å². The summed E-state index contributed by atoms with van der Waals surface area (Å²) >= 11 is 6.28. The molecule has 4 aromatic rings. The zero-order chi connectivity index (χ0) is 21.4. The second-order valence-electron chi connectivity index (χ2n) is 6.84. The Morgan fingerprint density at radius 1 is 1.03 bits per heavy atom. The maximum Gasteiger partial charge on any atom is 0.157 e. The number of hydrogen-bond donors (Lipinski definition) is 2. The average molecular weight is 419 g/mol. The first kappa shape index (κ1) is 19.5. The van der Waals surface area contributed by atoms with Crippen LogP contribution in [0.5, 0.6) is 0 Å². The van der Waals surface area contributed by atoms with Gasteiger partial charge in [-0.05, 0) is 51.1 Å². The summed E-state index contributed by atoms with van der Waals surface area (Å²) in [5.41, 5.74) is 11.5. The third kappa shape index (κ3) is 3.36. The Labute approximate surface area is 177 Å². The van der Waals surface area contributed by atoms with Crippen LogP contribution >= 0.6 is 11.6 Å². The lowest BCUT2D eigenvalue weighted by molar-refractivity contribution is 0.808. The quantitative estimate of drug-likeness (QED) is 0.508. The van der Waals surface area contributed by atoms with E-state index in [2.05, 4.69) is 26.2 Å². The van der Waals surface area contributed by atoms with E-state index in [1.807, 2.05) is 32.9 Å². The molecule has 0 bridgehead atoms. The minimum atomic E-state index is 0.393. The van der Waals surface area contributed by atoms with Gasteiger partial charge >= 0.3 is 0 Å². The third-order valence-corrected chi connectivity index (χ3v) is 5.34. The van der Waals surface area contributed by atoms with Gasteiger partial charge in [-0.15, -0.1) is 0 Å². The van der Waals surface area contributed by atoms with Crippen molar-refractivity contribution in [1.29, 1.82) is 5.26 Å². The molecule has 0 spiro atoms. The van der Waals surface area contributed by atoms with Crippen LogP contribution in [0.15, 0.2) is 42.6 Å². The van der Waals surface area contributed by atoms with Crippen molar-refractivity contribution >= 4 is 28.5 Å². The predicted octanol–water partition coefficient (Wildman–Crippen LogP) is 4.09. The molecule has 0 aliphatic heterocycles. The van der Waals surface area contributed by atoms with Gasteiger partial charge in [0.2, 0.25) is 0 Å². The fraction of sp³-hybridized carbons (Fsp3) is 0.143. The minimum Gasteiger partial charge on any atom is -0.385 e. The highest BCUT2D eigenvalue weighted by Crippen LogP contribution is 2.23. The summed E-state index contributed by atoms with van der Waals surface area (Å²) in [5, 5.41) is 18.7. The Morgan fingerprint density at radius 3 is 2.40 bits per heavy atom. The van der Waals surface area contributed by atoms with Crippen LogP contribution in [0.4, 0.5) is 5.82 Å². The van der Waals surface area contributed by atoms with Gasteiger partial charge in [0, 0.05) is 12.3 Å². The van der Waals surface area contributed by atoms with Crippen molar-refractivity contribution in [3.05, 3.63) is 70.3 Å². The van der Waals surface area contributed by atoms with E-state index >= 15 is 0 Å². The van der Waals surface area contributed by atoms with Crippen LogP contribution in [0.25, 0.3) is 22.5 Å². The van der Waals surface area contributed by atoms with Crippen molar-refractivity contribution in [2.75, 3.05) is 5.73 Å². The molecule has 3 aromatic heterocycles. The molecule has 1 aromatic carbocycles. The fourth-order valence-electron chi connectivity index (χ4n) is 3.23. The lowest BCUT2D eigenvalue weighted by Crippen LogP contribution is -2.02. The monoisotopic (exact) mass is 418 g/mol. The molecule has 9 heteroatoms. The number of rotatable bonds is 2. The minimum absolute atomic E-state index is 0.393. The maximum atomic E-state index is 9.00. The number of H-pyrrole nitrogens is 1. The second kappa shape index (κ2) is 7.54. The van der Waals surface area contributed by atoms with E-state index in [1.54, 1.807) is 39.8 Å². The zero-order valence-corrected chi connectivity index (χ0v) is 17.4. The number of fused-ring (bicyclic) bond motifs is 1. The van der Waals surface area contributed by atoms with Crippen molar-refractivity contribution in [1.82, 2.24) is 29.5 Å². The Hall–Kier alpha value is -3.83. The number of nitriles is 1. The third-order valence-electron chi connectivity index (χ3n) is 4.80. The summed E-state index contributed by atoms with van der Waals surface area (Å²) < 4.78 is 3.45. The Bertz CT molecular complexity index is 1350. The number of benzene rings is 1. The number of anilines is 1. The summed E-state index contributed by atoms with van der Waals surface area (Å²) in [5.74, 6) is 0.927. The summed E-state index contributed by atoms with van der Waals surface area (Å²) in [6.45, 7) is 5.66. The van der Waals surface area contributed by atoms with Crippen molar-refractivity contribution < 1.29 is 0 Å². The van der Waals surface area contributed by atoms with E-state index in [-0.39, 0.29) is 0 Å². The number of nitrogens with two attached hydrogens (primary N) is 1. The molecule has 3 heterocycles. The van der Waals surface area contributed by atoms with E-state index in [0.29, 0.717) is 27.7 Å². The number of nitrogen functional groups attached to an aromatic ring is 1. The first-order chi connectivity index (χ1) is 14.4. The summed E-state index contributed by atoms with van der Waals surface area (Å²) in [6, 6.07) is 12.8. The molecule has 0 saturated heterocycles. The van der Waals surface area contributed by atoms with Gasteiger partial charge in [-0.3, -0.25) is 0 Å². The standard InChI is InChI=1S/C21H19ClN8/c1-12-20(22)13(2)30(27-12)19-10-18(24)26-21-14(3)29(28-17(21)8-9-25-19)16-6-4-15(11-23)5-7-16/h4-10,26H,24H2,1-3H3. The molecule has 0 unspecified atom stereocenters. The normalized spacial score (nSPS) is 10.8. The van der Waals surface area contributed by atoms with Gasteiger partial charge in [0.1, 0.15) is 11.3 Å². The highest BCUT2D eigenvalue weighted by Gasteiger charge is 2.12. The first-order valence-electron chi connectivity index (χ1n) is 9.20. The molecule has 150 valence electrons. The molecule has 3 N–H and O–H groups in total. The molecule has 0 atom stereocenters. The molecule has 4 rings (SSSR count). The maximum absolute atomic E-state index is 9.00. The van der Waals surface area contributed by atoms with Gasteiger partial charge in [0.15, 0.2) is 5.82 Å². The molecule has 30 heavy (non-hydrogen) atoms. The summed E-state index contributed by atoms with van der Waals surface area (Å²) in [7, 11) is 0. The second-order valence-corrected chi connectivity index (χ2v) is 7.22. The highest BCUT2D eigenvalue weighted by molar-refractivity contribution is 6.31. The Morgan fingerprint density at radius 2 is 1.77 bits per heavy atom. The van der Waals surface area contributed by atoms with Gasteiger partial charge in [0.25, 0.3) is 0 Å². The number of aryl methyl sites for hydroxylation is 2. The van der Waals surface area contributed by atoms with Crippen molar-refractivity contribution in [2.45, 2.75) is 20.8 Å². The number of nitrogens with one attached hydrogen (secondary N) is 1. The smallest absolute Gasteiger partial charge is 0.157 e. The lowest BCUT2D eigenvalue weighted by Gasteiger charge is -2.04. The molecule has 0 aliphatic rings. The lowest BCUT2D eigenvalue weighted by atomic mass is 10.2. The van der Waals surface area contributed by atoms with E-state index in [0.717, 1.165) is 28.3 Å². The van der Waals surface area contributed by atoms with Crippen molar-refractivity contribution in [3.8, 4) is 17.6 Å². The highest BCUT2D eigenvalue weighted by atomic mass is 35.5. The van der Waals surface area contributed by atoms with Gasteiger partial charge in [-0.1, -0.05) is 11.6 Å². The SMILES string of the molecule is Cc1nn(-c2cc(N)[nH]c3c(C)n(-c4ccc(C#N)cc4)nc3ccn2)c(C)c1Cl. The molecule has 0 aliphatic carbocycles.